The number of hydrogen-bond donors (Lipinski definition) is 0. The largest absolute Gasteiger partial charge is 0.439 e. The van der Waals surface area contributed by atoms with E-state index in [0.29, 0.717) is 24.4 Å². The third kappa shape index (κ3) is 4.28. The number of cyclic esters (lactones) is 1. The lowest BCUT2D eigenvalue weighted by Crippen LogP contribution is -2.32. The number of aromatic nitrogens is 1. The van der Waals surface area contributed by atoms with E-state index < -0.39 is 65.1 Å². The number of rotatable bonds is 2. The topological polar surface area (TPSA) is 42.4 Å². The van der Waals surface area contributed by atoms with E-state index in [4.69, 9.17) is 16.3 Å². The molecule has 2 aliphatic heterocycles. The van der Waals surface area contributed by atoms with Gasteiger partial charge in [-0.1, -0.05) is 23.8 Å². The summed E-state index contributed by atoms with van der Waals surface area (Å²) >= 11 is 5.92. The van der Waals surface area contributed by atoms with E-state index in [9.17, 15) is 44.3 Å². The molecule has 0 N–H and O–H groups in total. The van der Waals surface area contributed by atoms with Gasteiger partial charge in [-0.05, 0) is 29.8 Å². The molecule has 1 amide bonds. The predicted octanol–water partition coefficient (Wildman–Crippen LogP) is 6.96. The molecule has 0 bridgehead atoms. The molecule has 4 nitrogen and oxygen atoms in total. The Hall–Kier alpha value is -2.96. The van der Waals surface area contributed by atoms with Crippen molar-refractivity contribution < 1.29 is 49.0 Å². The van der Waals surface area contributed by atoms with Crippen molar-refractivity contribution in [3.63, 3.8) is 0 Å². The highest BCUT2D eigenvalue weighted by molar-refractivity contribution is 6.30. The zero-order valence-electron chi connectivity index (χ0n) is 16.3. The molecule has 0 radical (unpaired) electrons. The predicted molar refractivity (Wildman–Crippen MR) is 97.4 cm³/mol. The number of alkyl halides is 9. The summed E-state index contributed by atoms with van der Waals surface area (Å²) in [5, 5.41) is -0.377. The number of amides is 1. The Bertz CT molecular complexity index is 1140. The number of carbonyl (C=O) groups excluding carboxylic acids is 1. The molecule has 0 spiro atoms. The van der Waals surface area contributed by atoms with Crippen molar-refractivity contribution in [2.24, 2.45) is 0 Å². The molecular formula is C20H10ClF9N2O2. The normalized spacial score (nSPS) is 22.8. The van der Waals surface area contributed by atoms with Crippen LogP contribution in [0.4, 0.5) is 44.3 Å². The second-order valence-corrected chi connectivity index (χ2v) is 7.83. The molecule has 14 heteroatoms. The summed E-state index contributed by atoms with van der Waals surface area (Å²) in [6, 6.07) is -1.00. The average molecular weight is 517 g/mol. The first-order chi connectivity index (χ1) is 15.6. The van der Waals surface area contributed by atoms with E-state index >= 15 is 0 Å². The van der Waals surface area contributed by atoms with E-state index in [-0.39, 0.29) is 16.8 Å². The summed E-state index contributed by atoms with van der Waals surface area (Å²) in [6.07, 6.45) is -14.8. The molecular weight excluding hydrogens is 507 g/mol. The lowest BCUT2D eigenvalue weighted by atomic mass is 9.97. The smallest absolute Gasteiger partial charge is 0.417 e. The summed E-state index contributed by atoms with van der Waals surface area (Å²) < 4.78 is 124. The summed E-state index contributed by atoms with van der Waals surface area (Å²) in [4.78, 5) is 16.9. The Morgan fingerprint density at radius 2 is 1.38 bits per heavy atom. The monoisotopic (exact) mass is 516 g/mol. The second kappa shape index (κ2) is 7.79. The van der Waals surface area contributed by atoms with Crippen LogP contribution < -0.4 is 0 Å². The first kappa shape index (κ1) is 24.2. The minimum absolute atomic E-state index is 0.0700. The van der Waals surface area contributed by atoms with Gasteiger partial charge < -0.3 is 4.74 Å². The lowest BCUT2D eigenvalue weighted by Gasteiger charge is -2.24. The molecule has 2 aliphatic rings. The minimum Gasteiger partial charge on any atom is -0.439 e. The highest BCUT2D eigenvalue weighted by Crippen LogP contribution is 2.47. The number of halogens is 10. The van der Waals surface area contributed by atoms with E-state index in [1.54, 1.807) is 0 Å². The zero-order valence-corrected chi connectivity index (χ0v) is 17.0. The van der Waals surface area contributed by atoms with Crippen molar-refractivity contribution in [1.29, 1.82) is 0 Å². The van der Waals surface area contributed by atoms with Crippen LogP contribution in [-0.4, -0.2) is 22.0 Å². The van der Waals surface area contributed by atoms with Gasteiger partial charge in [0.1, 0.15) is 5.15 Å². The summed E-state index contributed by atoms with van der Waals surface area (Å²) in [5.41, 5.74) is -5.19. The van der Waals surface area contributed by atoms with Gasteiger partial charge in [-0.25, -0.2) is 9.78 Å². The molecule has 1 aromatic carbocycles. The van der Waals surface area contributed by atoms with Crippen LogP contribution >= 0.6 is 11.6 Å². The second-order valence-electron chi connectivity index (χ2n) is 7.47. The Labute approximate surface area is 189 Å². The fourth-order valence-electron chi connectivity index (χ4n) is 3.80. The third-order valence-electron chi connectivity index (χ3n) is 5.31. The van der Waals surface area contributed by atoms with Crippen molar-refractivity contribution >= 4 is 17.7 Å². The van der Waals surface area contributed by atoms with Gasteiger partial charge in [-0.3, -0.25) is 4.90 Å². The van der Waals surface area contributed by atoms with Gasteiger partial charge in [0, 0.05) is 11.8 Å². The number of fused-ring (bicyclic) bond motifs is 1. The Morgan fingerprint density at radius 3 is 1.91 bits per heavy atom. The van der Waals surface area contributed by atoms with Gasteiger partial charge in [-0.15, -0.1) is 0 Å². The summed E-state index contributed by atoms with van der Waals surface area (Å²) in [5.74, 6) is 0. The van der Waals surface area contributed by atoms with Crippen LogP contribution in [-0.2, 0) is 23.3 Å². The standard InChI is InChI=1S/C20H10ClF9N2O2/c21-16-12(6-11(7-31-16)20(28,29)30)13-1-2-14-15(34-17(33)32(13)14)8-3-9(18(22,23)24)5-10(4-8)19(25,26)27/h1-7,13-15H. The molecule has 2 aromatic rings. The van der Waals surface area contributed by atoms with Crippen molar-refractivity contribution in [1.82, 2.24) is 9.88 Å². The molecule has 1 aromatic heterocycles. The van der Waals surface area contributed by atoms with E-state index in [1.165, 1.54) is 12.2 Å². The van der Waals surface area contributed by atoms with Crippen LogP contribution in [0.1, 0.15) is 40.0 Å². The number of hydrogen-bond acceptors (Lipinski definition) is 3. The van der Waals surface area contributed by atoms with Crippen molar-refractivity contribution in [2.45, 2.75) is 36.7 Å². The van der Waals surface area contributed by atoms with Crippen LogP contribution in [0, 0.1) is 0 Å². The highest BCUT2D eigenvalue weighted by Gasteiger charge is 2.49. The number of carbonyl (C=O) groups is 1. The van der Waals surface area contributed by atoms with Gasteiger partial charge in [0.15, 0.2) is 6.10 Å². The molecule has 0 saturated carbocycles. The average Bonchev–Trinajstić information content (AvgIpc) is 3.27. The maximum Gasteiger partial charge on any atom is 0.417 e. The molecule has 4 rings (SSSR count). The van der Waals surface area contributed by atoms with Crippen LogP contribution in [0.25, 0.3) is 0 Å². The van der Waals surface area contributed by atoms with Gasteiger partial charge in [0.05, 0.1) is 28.8 Å². The molecule has 34 heavy (non-hydrogen) atoms. The van der Waals surface area contributed by atoms with E-state index in [1.807, 2.05) is 0 Å². The van der Waals surface area contributed by atoms with Gasteiger partial charge in [-0.2, -0.15) is 39.5 Å². The lowest BCUT2D eigenvalue weighted by molar-refractivity contribution is -0.143. The highest BCUT2D eigenvalue weighted by atomic mass is 35.5. The van der Waals surface area contributed by atoms with Crippen LogP contribution in [0.3, 0.4) is 0 Å². The minimum atomic E-state index is -5.12. The summed E-state index contributed by atoms with van der Waals surface area (Å²) in [6.45, 7) is 0. The number of nitrogens with zero attached hydrogens (tertiary/aromatic N) is 2. The first-order valence-electron chi connectivity index (χ1n) is 9.26. The quantitative estimate of drug-likeness (QED) is 0.246. The third-order valence-corrected chi connectivity index (χ3v) is 5.63. The van der Waals surface area contributed by atoms with E-state index in [0.717, 1.165) is 4.90 Å². The number of ether oxygens (including phenoxy) is 1. The fraction of sp³-hybridized carbons (Fsp3) is 0.300. The molecule has 3 atom stereocenters. The van der Waals surface area contributed by atoms with Gasteiger partial charge in [0.25, 0.3) is 0 Å². The SMILES string of the molecule is O=C1OC(c2cc(C(F)(F)F)cc(C(F)(F)F)c2)C2C=CC(c3cc(C(F)(F)F)cnc3Cl)N12. The molecule has 3 unspecified atom stereocenters. The molecule has 1 fully saturated rings. The number of benzene rings is 1. The molecule has 1 saturated heterocycles. The van der Waals surface area contributed by atoms with Gasteiger partial charge >= 0.3 is 24.6 Å². The Kier molecular flexibility index (Phi) is 5.54. The van der Waals surface area contributed by atoms with Crippen LogP contribution in [0.15, 0.2) is 42.6 Å². The van der Waals surface area contributed by atoms with Crippen molar-refractivity contribution in [2.75, 3.05) is 0 Å². The van der Waals surface area contributed by atoms with Gasteiger partial charge in [0.2, 0.25) is 0 Å². The van der Waals surface area contributed by atoms with Crippen molar-refractivity contribution in [3.05, 3.63) is 75.6 Å². The molecule has 3 heterocycles. The number of pyridine rings is 1. The van der Waals surface area contributed by atoms with Crippen LogP contribution in [0.2, 0.25) is 5.15 Å². The Balaban J connectivity index is 1.74. The van der Waals surface area contributed by atoms with E-state index in [2.05, 4.69) is 4.98 Å². The molecule has 0 aliphatic carbocycles. The zero-order chi connectivity index (χ0) is 25.2. The molecule has 182 valence electrons. The Morgan fingerprint density at radius 1 is 0.824 bits per heavy atom. The fourth-order valence-corrected chi connectivity index (χ4v) is 4.02. The maximum absolute atomic E-state index is 13.2. The van der Waals surface area contributed by atoms with Crippen molar-refractivity contribution in [3.8, 4) is 0 Å². The first-order valence-corrected chi connectivity index (χ1v) is 9.64. The maximum atomic E-state index is 13.2. The van der Waals surface area contributed by atoms with Crippen LogP contribution in [0.5, 0.6) is 0 Å². The summed E-state index contributed by atoms with van der Waals surface area (Å²) in [7, 11) is 0.